The number of nitrogens with zero attached hydrogens (tertiary/aromatic N) is 1. The van der Waals surface area contributed by atoms with Crippen molar-refractivity contribution in [3.05, 3.63) is 55.1 Å². The number of anilines is 1. The molecular formula is C21H17Cl2IN2O4S. The van der Waals surface area contributed by atoms with E-state index >= 15 is 0 Å². The van der Waals surface area contributed by atoms with Gasteiger partial charge in [-0.25, -0.2) is 0 Å². The van der Waals surface area contributed by atoms with Gasteiger partial charge in [-0.05, 0) is 90.6 Å². The zero-order valence-electron chi connectivity index (χ0n) is 16.5. The lowest BCUT2D eigenvalue weighted by Gasteiger charge is -2.29. The van der Waals surface area contributed by atoms with Crippen LogP contribution in [0.1, 0.15) is 19.4 Å². The number of nitrogens with one attached hydrogen (secondary N) is 1. The van der Waals surface area contributed by atoms with Crippen molar-refractivity contribution in [3.63, 3.8) is 0 Å². The van der Waals surface area contributed by atoms with E-state index in [0.29, 0.717) is 41.0 Å². The number of thiocarbonyl (C=S) groups is 1. The van der Waals surface area contributed by atoms with Gasteiger partial charge < -0.3 is 9.47 Å². The number of hydrogen-bond donors (Lipinski definition) is 1. The molecule has 2 amide bonds. The average molecular weight is 591 g/mol. The summed E-state index contributed by atoms with van der Waals surface area (Å²) in [5.41, 5.74) is 0.829. The topological polar surface area (TPSA) is 67.9 Å². The standard InChI is InChI=1S/C21H17Cl2IN2O4S/c1-3-29-17-9-11(8-15(24)18(17)30-4-2)7-13-19(27)25-21(31)26(20(13)28)16-6-5-12(22)10-14(16)23/h5-10H,3-4H2,1-2H3,(H,25,27,31)/b13-7-. The molecule has 0 aliphatic carbocycles. The van der Waals surface area contributed by atoms with Crippen molar-refractivity contribution in [3.8, 4) is 11.5 Å². The molecule has 0 aromatic heterocycles. The van der Waals surface area contributed by atoms with Crippen molar-refractivity contribution in [2.75, 3.05) is 18.1 Å². The van der Waals surface area contributed by atoms with Gasteiger partial charge in [0.15, 0.2) is 16.6 Å². The highest BCUT2D eigenvalue weighted by Crippen LogP contribution is 2.36. The normalized spacial score (nSPS) is 15.3. The van der Waals surface area contributed by atoms with Crippen molar-refractivity contribution in [2.24, 2.45) is 0 Å². The molecule has 1 saturated heterocycles. The minimum absolute atomic E-state index is 0.0624. The molecule has 1 fully saturated rings. The predicted octanol–water partition coefficient (Wildman–Crippen LogP) is 5.23. The van der Waals surface area contributed by atoms with E-state index in [4.69, 9.17) is 44.9 Å². The van der Waals surface area contributed by atoms with E-state index in [-0.39, 0.29) is 15.7 Å². The third kappa shape index (κ3) is 5.14. The van der Waals surface area contributed by atoms with Gasteiger partial charge in [-0.15, -0.1) is 0 Å². The van der Waals surface area contributed by atoms with Gasteiger partial charge in [0.25, 0.3) is 11.8 Å². The van der Waals surface area contributed by atoms with Crippen molar-refractivity contribution in [1.82, 2.24) is 5.32 Å². The fraction of sp³-hybridized carbons (Fsp3) is 0.190. The molecule has 1 aliphatic heterocycles. The SMILES string of the molecule is CCOc1cc(/C=C2/C(=O)NC(=S)N(c3ccc(Cl)cc3Cl)C2=O)cc(I)c1OCC. The summed E-state index contributed by atoms with van der Waals surface area (Å²) >= 11 is 19.5. The largest absolute Gasteiger partial charge is 0.490 e. The second-order valence-corrected chi connectivity index (χ2v) is 8.64. The Hall–Kier alpha value is -1.88. The summed E-state index contributed by atoms with van der Waals surface area (Å²) in [4.78, 5) is 27.0. The maximum atomic E-state index is 13.2. The van der Waals surface area contributed by atoms with Crippen LogP contribution in [0.25, 0.3) is 6.08 Å². The number of ether oxygens (including phenoxy) is 2. The molecule has 0 unspecified atom stereocenters. The molecule has 1 N–H and O–H groups in total. The highest BCUT2D eigenvalue weighted by atomic mass is 127. The molecule has 31 heavy (non-hydrogen) atoms. The lowest BCUT2D eigenvalue weighted by molar-refractivity contribution is -0.122. The fourth-order valence-corrected chi connectivity index (χ4v) is 4.47. The molecule has 0 spiro atoms. The first-order valence-corrected chi connectivity index (χ1v) is 11.5. The Bertz CT molecular complexity index is 1110. The lowest BCUT2D eigenvalue weighted by atomic mass is 10.1. The molecule has 6 nitrogen and oxygen atoms in total. The second-order valence-electron chi connectivity index (χ2n) is 6.25. The Morgan fingerprint density at radius 1 is 1.13 bits per heavy atom. The summed E-state index contributed by atoms with van der Waals surface area (Å²) in [6.45, 7) is 4.66. The number of benzene rings is 2. The second kappa shape index (κ2) is 10.2. The number of amides is 2. The van der Waals surface area contributed by atoms with Crippen molar-refractivity contribution in [1.29, 1.82) is 0 Å². The molecule has 0 bridgehead atoms. The smallest absolute Gasteiger partial charge is 0.270 e. The average Bonchev–Trinajstić information content (AvgIpc) is 2.69. The Balaban J connectivity index is 2.06. The van der Waals surface area contributed by atoms with Crippen LogP contribution in [0, 0.1) is 3.57 Å². The Morgan fingerprint density at radius 2 is 1.84 bits per heavy atom. The zero-order chi connectivity index (χ0) is 22.7. The maximum absolute atomic E-state index is 13.2. The molecule has 2 aromatic rings. The molecule has 1 heterocycles. The summed E-state index contributed by atoms with van der Waals surface area (Å²) < 4.78 is 12.1. The quantitative estimate of drug-likeness (QED) is 0.216. The van der Waals surface area contributed by atoms with Gasteiger partial charge in [-0.3, -0.25) is 19.8 Å². The molecule has 162 valence electrons. The van der Waals surface area contributed by atoms with E-state index in [9.17, 15) is 9.59 Å². The first-order chi connectivity index (χ1) is 14.8. The van der Waals surface area contributed by atoms with Gasteiger partial charge in [0.1, 0.15) is 5.57 Å². The van der Waals surface area contributed by atoms with Crippen LogP contribution >= 0.6 is 58.0 Å². The molecule has 1 aliphatic rings. The van der Waals surface area contributed by atoms with E-state index in [1.165, 1.54) is 17.0 Å². The summed E-state index contributed by atoms with van der Waals surface area (Å²) in [7, 11) is 0. The van der Waals surface area contributed by atoms with E-state index < -0.39 is 11.8 Å². The van der Waals surface area contributed by atoms with E-state index in [1.807, 2.05) is 13.8 Å². The van der Waals surface area contributed by atoms with Gasteiger partial charge >= 0.3 is 0 Å². The molecular weight excluding hydrogens is 574 g/mol. The number of rotatable bonds is 6. The third-order valence-corrected chi connectivity index (χ3v) is 5.81. The highest BCUT2D eigenvalue weighted by Gasteiger charge is 2.35. The maximum Gasteiger partial charge on any atom is 0.270 e. The molecule has 0 saturated carbocycles. The number of carbonyl (C=O) groups is 2. The Morgan fingerprint density at radius 3 is 2.48 bits per heavy atom. The first kappa shape index (κ1) is 23.8. The van der Waals surface area contributed by atoms with Crippen LogP contribution in [0.5, 0.6) is 11.5 Å². The van der Waals surface area contributed by atoms with Crippen LogP contribution in [0.3, 0.4) is 0 Å². The summed E-state index contributed by atoms with van der Waals surface area (Å²) in [5, 5.41) is 3.12. The van der Waals surface area contributed by atoms with Crippen molar-refractivity contribution >= 4 is 86.7 Å². The molecule has 0 atom stereocenters. The van der Waals surface area contributed by atoms with Crippen LogP contribution in [-0.4, -0.2) is 30.1 Å². The van der Waals surface area contributed by atoms with E-state index in [2.05, 4.69) is 27.9 Å². The molecule has 0 radical (unpaired) electrons. The van der Waals surface area contributed by atoms with Gasteiger partial charge in [-0.1, -0.05) is 23.2 Å². The zero-order valence-corrected chi connectivity index (χ0v) is 21.0. The third-order valence-electron chi connectivity index (χ3n) is 4.18. The van der Waals surface area contributed by atoms with Crippen molar-refractivity contribution in [2.45, 2.75) is 13.8 Å². The van der Waals surface area contributed by atoms with Gasteiger partial charge in [0.05, 0.1) is 27.5 Å². The van der Waals surface area contributed by atoms with E-state index in [1.54, 1.807) is 24.3 Å². The summed E-state index contributed by atoms with van der Waals surface area (Å²) in [6.07, 6.45) is 1.48. The van der Waals surface area contributed by atoms with Crippen LogP contribution < -0.4 is 19.7 Å². The number of hydrogen-bond acceptors (Lipinski definition) is 5. The summed E-state index contributed by atoms with van der Waals surface area (Å²) in [5.74, 6) is -0.0554. The van der Waals surface area contributed by atoms with Gasteiger partial charge in [-0.2, -0.15) is 0 Å². The lowest BCUT2D eigenvalue weighted by Crippen LogP contribution is -2.54. The van der Waals surface area contributed by atoms with Crippen LogP contribution in [-0.2, 0) is 9.59 Å². The van der Waals surface area contributed by atoms with E-state index in [0.717, 1.165) is 3.57 Å². The molecule has 3 rings (SSSR count). The molecule has 10 heteroatoms. The van der Waals surface area contributed by atoms with Gasteiger partial charge in [0.2, 0.25) is 0 Å². The molecule has 2 aromatic carbocycles. The number of carbonyl (C=O) groups excluding carboxylic acids is 2. The number of halogens is 3. The van der Waals surface area contributed by atoms with Crippen LogP contribution in [0.2, 0.25) is 10.0 Å². The minimum atomic E-state index is -0.599. The monoisotopic (exact) mass is 590 g/mol. The Kier molecular flexibility index (Phi) is 7.79. The van der Waals surface area contributed by atoms with Crippen LogP contribution in [0.15, 0.2) is 35.9 Å². The van der Waals surface area contributed by atoms with Gasteiger partial charge in [0, 0.05) is 5.02 Å². The minimum Gasteiger partial charge on any atom is -0.490 e. The predicted molar refractivity (Wildman–Crippen MR) is 134 cm³/mol. The highest BCUT2D eigenvalue weighted by molar-refractivity contribution is 14.1. The van der Waals surface area contributed by atoms with Crippen molar-refractivity contribution < 1.29 is 19.1 Å². The Labute approximate surface area is 208 Å². The summed E-state index contributed by atoms with van der Waals surface area (Å²) in [6, 6.07) is 8.17. The first-order valence-electron chi connectivity index (χ1n) is 9.22. The fourth-order valence-electron chi connectivity index (χ4n) is 2.92. The van der Waals surface area contributed by atoms with Crippen LogP contribution in [0.4, 0.5) is 5.69 Å².